The van der Waals surface area contributed by atoms with E-state index in [4.69, 9.17) is 5.73 Å². The van der Waals surface area contributed by atoms with Crippen LogP contribution in [0.1, 0.15) is 0 Å². The number of likely N-dealkylation sites (N-methyl/N-ethyl adjacent to an activating group) is 3. The minimum Gasteiger partial charge on any atom is -0.399 e. The van der Waals surface area contributed by atoms with Gasteiger partial charge in [0.2, 0.25) is 0 Å². The normalized spacial score (nSPS) is 16.9. The topological polar surface area (TPSA) is 141 Å². The molecule has 0 bridgehead atoms. The third kappa shape index (κ3) is 12.7. The van der Waals surface area contributed by atoms with Gasteiger partial charge in [-0.3, -0.25) is 20.2 Å². The van der Waals surface area contributed by atoms with Crippen molar-refractivity contribution >= 4 is 28.4 Å². The first-order valence-corrected chi connectivity index (χ1v) is 16.1. The van der Waals surface area contributed by atoms with Crippen LogP contribution in [0.4, 0.5) is 46.0 Å². The van der Waals surface area contributed by atoms with Crippen LogP contribution < -0.4 is 20.9 Å². The molecule has 13 nitrogen and oxygen atoms in total. The van der Waals surface area contributed by atoms with Crippen molar-refractivity contribution in [2.75, 3.05) is 115 Å². The van der Waals surface area contributed by atoms with Crippen molar-refractivity contribution in [2.24, 2.45) is 0 Å². The van der Waals surface area contributed by atoms with Crippen molar-refractivity contribution in [2.45, 2.75) is 0 Å². The van der Waals surface area contributed by atoms with Gasteiger partial charge in [0, 0.05) is 96.4 Å². The number of halogens is 4. The number of nitro benzene ring substituents is 2. The summed E-state index contributed by atoms with van der Waals surface area (Å²) >= 11 is 0. The summed E-state index contributed by atoms with van der Waals surface area (Å²) in [7, 11) is 6.25. The Hall–Kier alpha value is -4.58. The van der Waals surface area contributed by atoms with E-state index >= 15 is 0 Å². The van der Waals surface area contributed by atoms with E-state index in [1.165, 1.54) is 31.3 Å². The molecule has 0 atom stereocenters. The van der Waals surface area contributed by atoms with Crippen LogP contribution in [0.3, 0.4) is 0 Å². The zero-order valence-corrected chi connectivity index (χ0v) is 28.5. The molecule has 3 N–H and O–H groups in total. The Balaban J connectivity index is 0.000000188. The minimum absolute atomic E-state index is 0.208. The van der Waals surface area contributed by atoms with Crippen LogP contribution in [0, 0.1) is 43.5 Å². The minimum atomic E-state index is -1.21. The van der Waals surface area contributed by atoms with E-state index in [2.05, 4.69) is 39.0 Å². The summed E-state index contributed by atoms with van der Waals surface area (Å²) < 4.78 is 51.8. The number of non-ortho nitro benzene ring substituents is 2. The number of rotatable bonds is 4. The standard InChI is InChI=1S/C11H14FN3O2.C11H16FN3.C6H3F2NO2.C5H12N2/c1-13-4-6-14(7-5-13)11-3-2-9(15(16)17)8-10(11)12;1-14-4-6-15(7-5-14)11-3-2-9(13)8-10(11)12;7-5-2-1-4(9(10)11)3-6(5)8;1-7-4-2-6-3-5-7/h2-3,8H,4-7H2,1H3;2-3,8H,4-7,13H2,1H3;1-3H;6H,2-5H2,1H3. The number of nitro groups is 2. The fourth-order valence-corrected chi connectivity index (χ4v) is 5.12. The molecule has 0 spiro atoms. The van der Waals surface area contributed by atoms with E-state index < -0.39 is 33.0 Å². The molecule has 3 saturated heterocycles. The predicted octanol–water partition coefficient (Wildman–Crippen LogP) is 4.04. The second-order valence-electron chi connectivity index (χ2n) is 12.1. The van der Waals surface area contributed by atoms with Gasteiger partial charge in [0.05, 0.1) is 33.4 Å². The SMILES string of the molecule is CN1CCN(c2ccc(N)cc2F)CC1.CN1CCN(c2ccc([N+](=O)[O-])cc2F)CC1.CN1CCNCC1.O=[N+]([O-])c1ccc(F)c(F)c1. The maximum absolute atomic E-state index is 13.7. The van der Waals surface area contributed by atoms with Gasteiger partial charge in [0.1, 0.15) is 5.82 Å². The number of piperazine rings is 3. The molecule has 0 aromatic heterocycles. The van der Waals surface area contributed by atoms with Gasteiger partial charge in [-0.2, -0.15) is 0 Å². The van der Waals surface area contributed by atoms with Crippen molar-refractivity contribution in [3.63, 3.8) is 0 Å². The summed E-state index contributed by atoms with van der Waals surface area (Å²) in [5.41, 5.74) is 6.44. The second kappa shape index (κ2) is 19.6. The number of nitrogens with zero attached hydrogens (tertiary/aromatic N) is 7. The first kappa shape index (κ1) is 39.9. The monoisotopic (exact) mass is 707 g/mol. The molecule has 0 aliphatic carbocycles. The molecule has 50 heavy (non-hydrogen) atoms. The molecule has 0 saturated carbocycles. The van der Waals surface area contributed by atoms with Crippen LogP contribution in [0.25, 0.3) is 0 Å². The highest BCUT2D eigenvalue weighted by Gasteiger charge is 2.20. The molecule has 3 aliphatic heterocycles. The fraction of sp³-hybridized carbons (Fsp3) is 0.455. The summed E-state index contributed by atoms with van der Waals surface area (Å²) in [5.74, 6) is -3.04. The summed E-state index contributed by atoms with van der Waals surface area (Å²) in [4.78, 5) is 29.8. The Morgan fingerprint density at radius 2 is 0.960 bits per heavy atom. The maximum atomic E-state index is 13.7. The van der Waals surface area contributed by atoms with Gasteiger partial charge >= 0.3 is 0 Å². The Labute approximate surface area is 289 Å². The molecule has 6 rings (SSSR count). The number of nitrogens with one attached hydrogen (secondary N) is 1. The first-order chi connectivity index (χ1) is 23.7. The van der Waals surface area contributed by atoms with Gasteiger partial charge in [-0.25, -0.2) is 17.6 Å². The number of nitrogen functional groups attached to an aromatic ring is 1. The lowest BCUT2D eigenvalue weighted by Crippen LogP contribution is -2.44. The molecule has 274 valence electrons. The summed E-state index contributed by atoms with van der Waals surface area (Å²) in [6.45, 7) is 11.7. The van der Waals surface area contributed by atoms with E-state index in [9.17, 15) is 37.8 Å². The molecule has 3 aliphatic rings. The number of hydrogen-bond donors (Lipinski definition) is 2. The lowest BCUT2D eigenvalue weighted by molar-refractivity contribution is -0.385. The number of nitrogens with two attached hydrogens (primary N) is 1. The molecule has 3 aromatic carbocycles. The third-order valence-corrected chi connectivity index (χ3v) is 8.26. The van der Waals surface area contributed by atoms with Crippen LogP contribution >= 0.6 is 0 Å². The van der Waals surface area contributed by atoms with E-state index in [0.717, 1.165) is 77.6 Å². The van der Waals surface area contributed by atoms with Crippen molar-refractivity contribution in [3.05, 3.63) is 98.1 Å². The van der Waals surface area contributed by atoms with Crippen LogP contribution in [0.2, 0.25) is 0 Å². The number of benzene rings is 3. The molecule has 3 aromatic rings. The fourth-order valence-electron chi connectivity index (χ4n) is 5.12. The van der Waals surface area contributed by atoms with Crippen molar-refractivity contribution in [1.29, 1.82) is 0 Å². The highest BCUT2D eigenvalue weighted by atomic mass is 19.2. The Kier molecular flexibility index (Phi) is 15.6. The Morgan fingerprint density at radius 3 is 1.34 bits per heavy atom. The zero-order chi connectivity index (χ0) is 36.8. The molecule has 17 heteroatoms. The number of hydrogen-bond acceptors (Lipinski definition) is 11. The molecular weight excluding hydrogens is 662 g/mol. The first-order valence-electron chi connectivity index (χ1n) is 16.1. The molecular formula is C33H45F4N9O4. The van der Waals surface area contributed by atoms with Crippen LogP contribution in [-0.2, 0) is 0 Å². The summed E-state index contributed by atoms with van der Waals surface area (Å²) in [6, 6.07) is 10.9. The smallest absolute Gasteiger partial charge is 0.272 e. The molecule has 3 fully saturated rings. The van der Waals surface area contributed by atoms with Gasteiger partial charge in [-0.15, -0.1) is 0 Å². The van der Waals surface area contributed by atoms with Crippen LogP contribution in [-0.4, -0.2) is 124 Å². The van der Waals surface area contributed by atoms with Crippen molar-refractivity contribution < 1.29 is 27.4 Å². The van der Waals surface area contributed by atoms with Gasteiger partial charge in [-0.1, -0.05) is 0 Å². The van der Waals surface area contributed by atoms with E-state index in [-0.39, 0.29) is 11.5 Å². The van der Waals surface area contributed by atoms with Crippen LogP contribution in [0.5, 0.6) is 0 Å². The summed E-state index contributed by atoms with van der Waals surface area (Å²) in [6.07, 6.45) is 0. The van der Waals surface area contributed by atoms with Crippen LogP contribution in [0.15, 0.2) is 54.6 Å². The van der Waals surface area contributed by atoms with Crippen molar-refractivity contribution in [1.82, 2.24) is 20.0 Å². The highest BCUT2D eigenvalue weighted by Crippen LogP contribution is 2.25. The summed E-state index contributed by atoms with van der Waals surface area (Å²) in [5, 5.41) is 23.8. The lowest BCUT2D eigenvalue weighted by atomic mass is 10.2. The Morgan fingerprint density at radius 1 is 0.560 bits per heavy atom. The molecule has 0 unspecified atom stereocenters. The average molecular weight is 708 g/mol. The second-order valence-corrected chi connectivity index (χ2v) is 12.1. The predicted molar refractivity (Wildman–Crippen MR) is 187 cm³/mol. The van der Waals surface area contributed by atoms with Gasteiger partial charge in [0.15, 0.2) is 17.5 Å². The quantitative estimate of drug-likeness (QED) is 0.176. The van der Waals surface area contributed by atoms with Gasteiger partial charge in [-0.05, 0) is 51.5 Å². The van der Waals surface area contributed by atoms with E-state index in [1.807, 2.05) is 11.9 Å². The zero-order valence-electron chi connectivity index (χ0n) is 28.5. The van der Waals surface area contributed by atoms with Gasteiger partial charge < -0.3 is 35.6 Å². The largest absolute Gasteiger partial charge is 0.399 e. The molecule has 3 heterocycles. The molecule has 0 amide bonds. The lowest BCUT2D eigenvalue weighted by Gasteiger charge is -2.34. The van der Waals surface area contributed by atoms with E-state index in [0.29, 0.717) is 29.2 Å². The van der Waals surface area contributed by atoms with Crippen molar-refractivity contribution in [3.8, 4) is 0 Å². The number of anilines is 3. The average Bonchev–Trinajstić information content (AvgIpc) is 3.08. The van der Waals surface area contributed by atoms with E-state index in [1.54, 1.807) is 12.1 Å². The van der Waals surface area contributed by atoms with Gasteiger partial charge in [0.25, 0.3) is 11.4 Å². The Bertz CT molecular complexity index is 1550. The third-order valence-electron chi connectivity index (χ3n) is 8.26. The molecule has 0 radical (unpaired) electrons. The highest BCUT2D eigenvalue weighted by molar-refractivity contribution is 5.55. The maximum Gasteiger partial charge on any atom is 0.272 e.